The Labute approximate surface area is 153 Å². The lowest BCUT2D eigenvalue weighted by atomic mass is 10.2. The molecule has 138 valence electrons. The molecule has 1 aromatic carbocycles. The fourth-order valence-corrected chi connectivity index (χ4v) is 2.36. The molecule has 0 fully saturated rings. The Balaban J connectivity index is 0.00000312. The molecule has 0 aliphatic carbocycles. The molecule has 0 aliphatic heterocycles. The zero-order chi connectivity index (χ0) is 17.5. The van der Waals surface area contributed by atoms with E-state index in [1.807, 2.05) is 19.9 Å². The minimum atomic E-state index is -0.480. The second-order valence-electron chi connectivity index (χ2n) is 5.50. The molecule has 1 heterocycles. The molecule has 0 radical (unpaired) electrons. The summed E-state index contributed by atoms with van der Waals surface area (Å²) >= 11 is 0. The summed E-state index contributed by atoms with van der Waals surface area (Å²) in [5.74, 6) is -0.783. The first kappa shape index (κ1) is 21.1. The van der Waals surface area contributed by atoms with Crippen molar-refractivity contribution in [1.29, 1.82) is 0 Å². The largest absolute Gasteiger partial charge is 0.383 e. The van der Waals surface area contributed by atoms with Crippen LogP contribution in [0.25, 0.3) is 5.69 Å². The molecule has 2 N–H and O–H groups in total. The van der Waals surface area contributed by atoms with Crippen LogP contribution in [0.2, 0.25) is 0 Å². The van der Waals surface area contributed by atoms with Crippen LogP contribution >= 0.6 is 12.4 Å². The summed E-state index contributed by atoms with van der Waals surface area (Å²) in [6, 6.07) is 6.28. The van der Waals surface area contributed by atoms with Crippen LogP contribution in [0.3, 0.4) is 0 Å². The number of aryl methyl sites for hydroxylation is 2. The van der Waals surface area contributed by atoms with E-state index in [0.29, 0.717) is 25.4 Å². The summed E-state index contributed by atoms with van der Waals surface area (Å²) < 4.78 is 20.8. The summed E-state index contributed by atoms with van der Waals surface area (Å²) in [6.07, 6.45) is 0. The Morgan fingerprint density at radius 1 is 1.24 bits per heavy atom. The molecular weight excluding hydrogens is 347 g/mol. The van der Waals surface area contributed by atoms with Crippen molar-refractivity contribution in [3.63, 3.8) is 0 Å². The normalized spacial score (nSPS) is 10.4. The van der Waals surface area contributed by atoms with Crippen LogP contribution in [0, 0.1) is 19.7 Å². The molecule has 0 saturated heterocycles. The number of hydrogen-bond donors (Lipinski definition) is 2. The summed E-state index contributed by atoms with van der Waals surface area (Å²) in [7, 11) is 1.63. The fourth-order valence-electron chi connectivity index (χ4n) is 2.36. The number of hydrogen-bond acceptors (Lipinski definition) is 4. The number of benzene rings is 1. The standard InChI is InChI=1S/C17H23FN4O2.ClH/c1-12-10-13(2)22(21-12)16-5-4-14(11-15(16)18)17(23)20-7-6-19-8-9-24-3;/h4-5,10-11,19H,6-9H2,1-3H3,(H,20,23);1H. The average Bonchev–Trinajstić information content (AvgIpc) is 2.88. The van der Waals surface area contributed by atoms with Crippen molar-refractivity contribution in [3.8, 4) is 5.69 Å². The van der Waals surface area contributed by atoms with Crippen LogP contribution in [-0.4, -0.2) is 49.0 Å². The Hall–Kier alpha value is -1.96. The summed E-state index contributed by atoms with van der Waals surface area (Å²) in [5.41, 5.74) is 2.27. The van der Waals surface area contributed by atoms with E-state index in [1.54, 1.807) is 19.2 Å². The number of halogens is 2. The molecule has 0 spiro atoms. The molecule has 0 aliphatic rings. The van der Waals surface area contributed by atoms with Crippen LogP contribution in [0.4, 0.5) is 4.39 Å². The first-order valence-corrected chi connectivity index (χ1v) is 7.84. The van der Waals surface area contributed by atoms with Gasteiger partial charge in [0.1, 0.15) is 11.5 Å². The number of rotatable bonds is 8. The van der Waals surface area contributed by atoms with E-state index < -0.39 is 5.82 Å². The molecule has 0 bridgehead atoms. The van der Waals surface area contributed by atoms with Gasteiger partial charge in [0.05, 0.1) is 12.3 Å². The zero-order valence-corrected chi connectivity index (χ0v) is 15.5. The maximum Gasteiger partial charge on any atom is 0.251 e. The minimum Gasteiger partial charge on any atom is -0.383 e. The zero-order valence-electron chi connectivity index (χ0n) is 14.6. The molecule has 2 rings (SSSR count). The number of carbonyl (C=O) groups is 1. The molecule has 25 heavy (non-hydrogen) atoms. The van der Waals surface area contributed by atoms with Crippen LogP contribution < -0.4 is 10.6 Å². The summed E-state index contributed by atoms with van der Waals surface area (Å²) in [4.78, 5) is 12.1. The lowest BCUT2D eigenvalue weighted by Crippen LogP contribution is -2.33. The maximum atomic E-state index is 14.3. The number of aromatic nitrogens is 2. The van der Waals surface area contributed by atoms with Gasteiger partial charge < -0.3 is 15.4 Å². The first-order valence-electron chi connectivity index (χ1n) is 7.84. The molecule has 0 saturated carbocycles. The quantitative estimate of drug-likeness (QED) is 0.697. The van der Waals surface area contributed by atoms with E-state index in [2.05, 4.69) is 15.7 Å². The third-order valence-electron chi connectivity index (χ3n) is 3.52. The number of nitrogens with zero attached hydrogens (tertiary/aromatic N) is 2. The Morgan fingerprint density at radius 2 is 2.00 bits per heavy atom. The smallest absolute Gasteiger partial charge is 0.251 e. The van der Waals surface area contributed by atoms with Crippen LogP contribution in [0.5, 0.6) is 0 Å². The summed E-state index contributed by atoms with van der Waals surface area (Å²) in [5, 5.41) is 10.1. The second-order valence-corrected chi connectivity index (χ2v) is 5.50. The fraction of sp³-hybridized carbons (Fsp3) is 0.412. The van der Waals surface area contributed by atoms with Gasteiger partial charge in [-0.25, -0.2) is 9.07 Å². The van der Waals surface area contributed by atoms with Crippen LogP contribution in [-0.2, 0) is 4.74 Å². The van der Waals surface area contributed by atoms with Crippen molar-refractivity contribution >= 4 is 18.3 Å². The lowest BCUT2D eigenvalue weighted by molar-refractivity contribution is 0.0953. The van der Waals surface area contributed by atoms with Crippen LogP contribution in [0.1, 0.15) is 21.7 Å². The topological polar surface area (TPSA) is 68.2 Å². The Kier molecular flexibility index (Phi) is 8.54. The number of ether oxygens (including phenoxy) is 1. The first-order chi connectivity index (χ1) is 11.5. The van der Waals surface area contributed by atoms with Gasteiger partial charge in [0.2, 0.25) is 0 Å². The van der Waals surface area contributed by atoms with Gasteiger partial charge >= 0.3 is 0 Å². The van der Waals surface area contributed by atoms with Gasteiger partial charge in [-0.2, -0.15) is 5.10 Å². The highest BCUT2D eigenvalue weighted by molar-refractivity contribution is 5.94. The third kappa shape index (κ3) is 5.81. The summed E-state index contributed by atoms with van der Waals surface area (Å²) in [6.45, 7) is 6.14. The monoisotopic (exact) mass is 370 g/mol. The third-order valence-corrected chi connectivity index (χ3v) is 3.52. The predicted molar refractivity (Wildman–Crippen MR) is 97.3 cm³/mol. The van der Waals surface area contributed by atoms with Crippen molar-refractivity contribution in [2.45, 2.75) is 13.8 Å². The van der Waals surface area contributed by atoms with E-state index in [9.17, 15) is 9.18 Å². The molecular formula is C17H24ClFN4O2. The molecule has 1 aromatic heterocycles. The molecule has 0 unspecified atom stereocenters. The van der Waals surface area contributed by atoms with Gasteiger partial charge in [0.15, 0.2) is 0 Å². The van der Waals surface area contributed by atoms with E-state index in [1.165, 1.54) is 10.7 Å². The second kappa shape index (κ2) is 10.1. The van der Waals surface area contributed by atoms with Gasteiger partial charge in [0.25, 0.3) is 5.91 Å². The van der Waals surface area contributed by atoms with E-state index in [0.717, 1.165) is 17.9 Å². The van der Waals surface area contributed by atoms with Crippen LogP contribution in [0.15, 0.2) is 24.3 Å². The molecule has 1 amide bonds. The van der Waals surface area contributed by atoms with E-state index in [4.69, 9.17) is 4.74 Å². The minimum absolute atomic E-state index is 0. The van der Waals surface area contributed by atoms with Gasteiger partial charge in [0, 0.05) is 38.0 Å². The number of nitrogens with one attached hydrogen (secondary N) is 2. The average molecular weight is 371 g/mol. The molecule has 2 aromatic rings. The van der Waals surface area contributed by atoms with Gasteiger partial charge in [-0.15, -0.1) is 12.4 Å². The van der Waals surface area contributed by atoms with Gasteiger partial charge in [-0.3, -0.25) is 4.79 Å². The molecule has 0 atom stereocenters. The number of carbonyl (C=O) groups excluding carboxylic acids is 1. The molecule has 8 heteroatoms. The van der Waals surface area contributed by atoms with Crippen molar-refractivity contribution in [3.05, 3.63) is 47.0 Å². The highest BCUT2D eigenvalue weighted by Gasteiger charge is 2.12. The van der Waals surface area contributed by atoms with Gasteiger partial charge in [-0.05, 0) is 38.1 Å². The van der Waals surface area contributed by atoms with E-state index in [-0.39, 0.29) is 23.9 Å². The Morgan fingerprint density at radius 3 is 2.60 bits per heavy atom. The number of amides is 1. The van der Waals surface area contributed by atoms with Gasteiger partial charge in [-0.1, -0.05) is 0 Å². The lowest BCUT2D eigenvalue weighted by Gasteiger charge is -2.09. The highest BCUT2D eigenvalue weighted by Crippen LogP contribution is 2.17. The van der Waals surface area contributed by atoms with E-state index >= 15 is 0 Å². The van der Waals surface area contributed by atoms with Crippen molar-refractivity contribution in [2.75, 3.05) is 33.4 Å². The van der Waals surface area contributed by atoms with Crippen molar-refractivity contribution in [1.82, 2.24) is 20.4 Å². The van der Waals surface area contributed by atoms with Crippen molar-refractivity contribution in [2.24, 2.45) is 0 Å². The highest BCUT2D eigenvalue weighted by atomic mass is 35.5. The Bertz CT molecular complexity index is 706. The SMILES string of the molecule is COCCNCCNC(=O)c1ccc(-n2nc(C)cc2C)c(F)c1.Cl. The van der Waals surface area contributed by atoms with Crippen molar-refractivity contribution < 1.29 is 13.9 Å². The predicted octanol–water partition coefficient (Wildman–Crippen LogP) is 2.02. The molecule has 6 nitrogen and oxygen atoms in total. The number of methoxy groups -OCH3 is 1. The maximum absolute atomic E-state index is 14.3.